The number of hydrogen-bond donors (Lipinski definition) is 1. The number of nitrogens with one attached hydrogen (secondary N) is 1. The number of sulfone groups is 1. The molecule has 3 aromatic rings. The molecule has 2 heterocycles. The minimum Gasteiger partial charge on any atom is -0.296 e. The van der Waals surface area contributed by atoms with Crippen LogP contribution in [-0.4, -0.2) is 41.8 Å². The standard InChI is InChI=1S/C14H11ClN4O3S3/c1-23-13-16-6-8(15)11(18-13)12(20)19-14-17-9-4-3-7(25(2,21)22)5-10(9)24-14/h3-6H,1-2H3,(H,17,19,20). The van der Waals surface area contributed by atoms with Gasteiger partial charge >= 0.3 is 0 Å². The highest BCUT2D eigenvalue weighted by molar-refractivity contribution is 7.98. The van der Waals surface area contributed by atoms with Crippen molar-refractivity contribution >= 4 is 65.8 Å². The largest absolute Gasteiger partial charge is 0.296 e. The van der Waals surface area contributed by atoms with Gasteiger partial charge in [0, 0.05) is 6.26 Å². The van der Waals surface area contributed by atoms with Crippen LogP contribution in [-0.2, 0) is 9.84 Å². The highest BCUT2D eigenvalue weighted by Crippen LogP contribution is 2.29. The molecule has 3 rings (SSSR count). The third-order valence-electron chi connectivity index (χ3n) is 3.13. The van der Waals surface area contributed by atoms with Gasteiger partial charge in [0.2, 0.25) is 0 Å². The van der Waals surface area contributed by atoms with E-state index in [-0.39, 0.29) is 15.6 Å². The zero-order chi connectivity index (χ0) is 18.2. The SMILES string of the molecule is CSc1ncc(Cl)c(C(=O)Nc2nc3ccc(S(C)(=O)=O)cc3s2)n1. The molecule has 25 heavy (non-hydrogen) atoms. The Bertz CT molecular complexity index is 1080. The lowest BCUT2D eigenvalue weighted by molar-refractivity contribution is 0.102. The molecule has 0 aliphatic heterocycles. The van der Waals surface area contributed by atoms with Crippen molar-refractivity contribution in [3.63, 3.8) is 0 Å². The second-order valence-corrected chi connectivity index (χ2v) is 9.16. The summed E-state index contributed by atoms with van der Waals surface area (Å²) in [5.74, 6) is -0.509. The number of benzene rings is 1. The summed E-state index contributed by atoms with van der Waals surface area (Å²) in [6.07, 6.45) is 4.29. The quantitative estimate of drug-likeness (QED) is 0.516. The number of rotatable bonds is 4. The molecule has 0 unspecified atom stereocenters. The van der Waals surface area contributed by atoms with Crippen molar-refractivity contribution in [3.05, 3.63) is 35.1 Å². The molecule has 0 bridgehead atoms. The molecule has 0 fully saturated rings. The van der Waals surface area contributed by atoms with Gasteiger partial charge in [-0.1, -0.05) is 34.7 Å². The van der Waals surface area contributed by atoms with E-state index in [1.54, 1.807) is 12.3 Å². The number of fused-ring (bicyclic) bond motifs is 1. The van der Waals surface area contributed by atoms with Crippen LogP contribution in [0.1, 0.15) is 10.5 Å². The number of carbonyl (C=O) groups is 1. The Morgan fingerprint density at radius 2 is 2.08 bits per heavy atom. The lowest BCUT2D eigenvalue weighted by Crippen LogP contribution is -2.15. The van der Waals surface area contributed by atoms with Gasteiger partial charge in [0.1, 0.15) is 0 Å². The molecule has 2 aromatic heterocycles. The van der Waals surface area contributed by atoms with E-state index in [2.05, 4.69) is 20.3 Å². The Hall–Kier alpha value is -1.75. The summed E-state index contributed by atoms with van der Waals surface area (Å²) in [4.78, 5) is 24.9. The van der Waals surface area contributed by atoms with Crippen molar-refractivity contribution in [1.29, 1.82) is 0 Å². The first kappa shape index (κ1) is 18.1. The first-order chi connectivity index (χ1) is 11.8. The lowest BCUT2D eigenvalue weighted by atomic mass is 10.3. The van der Waals surface area contributed by atoms with Gasteiger partial charge in [-0.15, -0.1) is 0 Å². The van der Waals surface area contributed by atoms with E-state index in [0.29, 0.717) is 20.5 Å². The number of aromatic nitrogens is 3. The predicted octanol–water partition coefficient (Wildman–Crippen LogP) is 3.12. The van der Waals surface area contributed by atoms with Gasteiger partial charge < -0.3 is 0 Å². The average molecular weight is 415 g/mol. The molecule has 0 radical (unpaired) electrons. The highest BCUT2D eigenvalue weighted by Gasteiger charge is 2.17. The van der Waals surface area contributed by atoms with E-state index >= 15 is 0 Å². The Morgan fingerprint density at radius 1 is 1.32 bits per heavy atom. The number of halogens is 1. The Morgan fingerprint density at radius 3 is 2.76 bits per heavy atom. The topological polar surface area (TPSA) is 102 Å². The van der Waals surface area contributed by atoms with Crippen molar-refractivity contribution < 1.29 is 13.2 Å². The zero-order valence-electron chi connectivity index (χ0n) is 13.0. The number of nitrogens with zero attached hydrogens (tertiary/aromatic N) is 3. The minimum absolute atomic E-state index is 0.0529. The first-order valence-electron chi connectivity index (χ1n) is 6.76. The van der Waals surface area contributed by atoms with Gasteiger partial charge in [-0.05, 0) is 24.5 Å². The number of anilines is 1. The molecule has 0 aliphatic carbocycles. The van der Waals surface area contributed by atoms with Crippen LogP contribution in [0, 0.1) is 0 Å². The van der Waals surface area contributed by atoms with Gasteiger partial charge in [0.05, 0.1) is 26.3 Å². The van der Waals surface area contributed by atoms with Crippen LogP contribution in [0.5, 0.6) is 0 Å². The van der Waals surface area contributed by atoms with Crippen LogP contribution < -0.4 is 5.32 Å². The molecule has 11 heteroatoms. The summed E-state index contributed by atoms with van der Waals surface area (Å²) in [6.45, 7) is 0. The van der Waals surface area contributed by atoms with Crippen molar-refractivity contribution in [1.82, 2.24) is 15.0 Å². The summed E-state index contributed by atoms with van der Waals surface area (Å²) in [5, 5.41) is 3.52. The number of amides is 1. The van der Waals surface area contributed by atoms with E-state index in [1.165, 1.54) is 41.4 Å². The molecule has 0 aliphatic rings. The number of carbonyl (C=O) groups excluding carboxylic acids is 1. The van der Waals surface area contributed by atoms with Crippen LogP contribution in [0.15, 0.2) is 34.4 Å². The molecule has 7 nitrogen and oxygen atoms in total. The molecule has 1 N–H and O–H groups in total. The average Bonchev–Trinajstić information content (AvgIpc) is 2.95. The summed E-state index contributed by atoms with van der Waals surface area (Å²) >= 11 is 8.44. The zero-order valence-corrected chi connectivity index (χ0v) is 16.2. The fourth-order valence-corrected chi connectivity index (χ4v) is 4.09. The monoisotopic (exact) mass is 414 g/mol. The van der Waals surface area contributed by atoms with E-state index in [9.17, 15) is 13.2 Å². The molecular formula is C14H11ClN4O3S3. The normalized spacial score (nSPS) is 11.6. The van der Waals surface area contributed by atoms with E-state index in [4.69, 9.17) is 11.6 Å². The van der Waals surface area contributed by atoms with Gasteiger partial charge in [-0.25, -0.2) is 23.4 Å². The Labute approximate surface area is 156 Å². The second-order valence-electron chi connectivity index (χ2n) is 4.93. The number of thiazole rings is 1. The second kappa shape index (κ2) is 6.87. The van der Waals surface area contributed by atoms with Crippen LogP contribution in [0.3, 0.4) is 0 Å². The Kier molecular flexibility index (Phi) is 4.96. The van der Waals surface area contributed by atoms with Gasteiger partial charge in [0.25, 0.3) is 5.91 Å². The van der Waals surface area contributed by atoms with E-state index < -0.39 is 15.7 Å². The van der Waals surface area contributed by atoms with Crippen molar-refractivity contribution in [2.24, 2.45) is 0 Å². The third-order valence-corrected chi connectivity index (χ3v) is 6.01. The Balaban J connectivity index is 1.91. The summed E-state index contributed by atoms with van der Waals surface area (Å²) < 4.78 is 23.9. The van der Waals surface area contributed by atoms with Crippen LogP contribution in [0.2, 0.25) is 5.02 Å². The lowest BCUT2D eigenvalue weighted by Gasteiger charge is -2.04. The van der Waals surface area contributed by atoms with Crippen molar-refractivity contribution in [2.45, 2.75) is 10.1 Å². The molecular weight excluding hydrogens is 404 g/mol. The number of thioether (sulfide) groups is 1. The van der Waals surface area contributed by atoms with Gasteiger partial charge in [-0.2, -0.15) is 0 Å². The third kappa shape index (κ3) is 3.92. The summed E-state index contributed by atoms with van der Waals surface area (Å²) in [6, 6.07) is 4.61. The molecule has 0 atom stereocenters. The van der Waals surface area contributed by atoms with Crippen LogP contribution in [0.4, 0.5) is 5.13 Å². The van der Waals surface area contributed by atoms with Crippen molar-refractivity contribution in [2.75, 3.05) is 17.8 Å². The fraction of sp³-hybridized carbons (Fsp3) is 0.143. The molecule has 130 valence electrons. The molecule has 1 amide bonds. The van der Waals surface area contributed by atoms with E-state index in [0.717, 1.165) is 6.26 Å². The molecule has 0 spiro atoms. The highest BCUT2D eigenvalue weighted by atomic mass is 35.5. The van der Waals surface area contributed by atoms with Crippen molar-refractivity contribution in [3.8, 4) is 0 Å². The van der Waals surface area contributed by atoms with Crippen LogP contribution in [0.25, 0.3) is 10.2 Å². The summed E-state index contributed by atoms with van der Waals surface area (Å²) in [5.41, 5.74) is 0.642. The minimum atomic E-state index is -3.31. The maximum Gasteiger partial charge on any atom is 0.277 e. The molecule has 0 saturated carbocycles. The first-order valence-corrected chi connectivity index (χ1v) is 11.1. The predicted molar refractivity (Wildman–Crippen MR) is 99.5 cm³/mol. The van der Waals surface area contributed by atoms with Gasteiger partial charge in [-0.3, -0.25) is 10.1 Å². The fourth-order valence-electron chi connectivity index (χ4n) is 1.95. The number of hydrogen-bond acceptors (Lipinski definition) is 8. The smallest absolute Gasteiger partial charge is 0.277 e. The maximum atomic E-state index is 12.4. The molecule has 0 saturated heterocycles. The van der Waals surface area contributed by atoms with Gasteiger partial charge in [0.15, 0.2) is 25.8 Å². The summed E-state index contributed by atoms with van der Waals surface area (Å²) in [7, 11) is -3.31. The maximum absolute atomic E-state index is 12.4. The molecule has 1 aromatic carbocycles. The van der Waals surface area contributed by atoms with Crippen LogP contribution >= 0.6 is 34.7 Å². The van der Waals surface area contributed by atoms with E-state index in [1.807, 2.05) is 0 Å².